The molecule has 0 amide bonds. The Hall–Kier alpha value is -4.22. The molecule has 6 heteroatoms. The number of fused-ring (bicyclic) bond motifs is 1. The third kappa shape index (κ3) is 5.70. The van der Waals surface area contributed by atoms with Gasteiger partial charge in [0, 0.05) is 28.1 Å². The first-order valence-electron chi connectivity index (χ1n) is 13.4. The minimum Gasteiger partial charge on any atom is -0.491 e. The van der Waals surface area contributed by atoms with E-state index in [2.05, 4.69) is 6.07 Å². The van der Waals surface area contributed by atoms with Crippen LogP contribution in [0.1, 0.15) is 43.7 Å². The summed E-state index contributed by atoms with van der Waals surface area (Å²) in [5.74, 6) is 0.442. The molecule has 0 spiro atoms. The fourth-order valence-electron chi connectivity index (χ4n) is 5.03. The number of aromatic carboxylic acids is 1. The smallest absolute Gasteiger partial charge is 0.353 e. The molecule has 204 valence electrons. The summed E-state index contributed by atoms with van der Waals surface area (Å²) in [5, 5.41) is 12.0. The third-order valence-electron chi connectivity index (χ3n) is 6.58. The van der Waals surface area contributed by atoms with Gasteiger partial charge in [-0.25, -0.2) is 4.79 Å². The zero-order chi connectivity index (χ0) is 28.4. The number of rotatable bonds is 9. The largest absolute Gasteiger partial charge is 0.491 e. The summed E-state index contributed by atoms with van der Waals surface area (Å²) in [6.45, 7) is 8.26. The van der Waals surface area contributed by atoms with Crippen molar-refractivity contribution in [3.63, 3.8) is 0 Å². The van der Waals surface area contributed by atoms with Crippen molar-refractivity contribution < 1.29 is 19.4 Å². The number of ether oxygens (including phenoxy) is 2. The summed E-state index contributed by atoms with van der Waals surface area (Å²) in [4.78, 5) is 13.0. The van der Waals surface area contributed by atoms with Crippen LogP contribution < -0.4 is 9.47 Å². The normalized spacial score (nSPS) is 11.4. The molecule has 0 radical (unpaired) electrons. The maximum atomic E-state index is 13.0. The van der Waals surface area contributed by atoms with Crippen molar-refractivity contribution in [1.82, 2.24) is 4.57 Å². The molecule has 0 aliphatic rings. The molecule has 0 unspecified atom stereocenters. The lowest BCUT2D eigenvalue weighted by atomic mass is 9.98. The molecule has 0 aliphatic heterocycles. The number of para-hydroxylation sites is 1. The predicted molar refractivity (Wildman–Crippen MR) is 162 cm³/mol. The third-order valence-corrected chi connectivity index (χ3v) is 6.81. The second kappa shape index (κ2) is 11.5. The highest BCUT2D eigenvalue weighted by atomic mass is 35.5. The number of hydrogen-bond acceptors (Lipinski definition) is 3. The Bertz CT molecular complexity index is 1670. The maximum Gasteiger partial charge on any atom is 0.353 e. The highest BCUT2D eigenvalue weighted by Crippen LogP contribution is 2.42. The molecule has 4 aromatic carbocycles. The van der Waals surface area contributed by atoms with Gasteiger partial charge in [-0.05, 0) is 80.8 Å². The summed E-state index contributed by atoms with van der Waals surface area (Å²) in [7, 11) is 0. The molecule has 0 aliphatic carbocycles. The van der Waals surface area contributed by atoms with E-state index in [-0.39, 0.29) is 17.9 Å². The van der Waals surface area contributed by atoms with Crippen molar-refractivity contribution >= 4 is 28.5 Å². The molecule has 0 saturated carbocycles. The molecule has 5 aromatic rings. The van der Waals surface area contributed by atoms with Crippen LogP contribution in [-0.4, -0.2) is 27.9 Å². The quantitative estimate of drug-likeness (QED) is 0.198. The van der Waals surface area contributed by atoms with Crippen LogP contribution in [0.5, 0.6) is 11.5 Å². The first-order valence-corrected chi connectivity index (χ1v) is 13.8. The summed E-state index contributed by atoms with van der Waals surface area (Å²) < 4.78 is 13.8. The second-order valence-corrected chi connectivity index (χ2v) is 10.8. The Kier molecular flexibility index (Phi) is 7.85. The van der Waals surface area contributed by atoms with Crippen LogP contribution in [0.3, 0.4) is 0 Å². The first kappa shape index (κ1) is 27.4. The predicted octanol–water partition coefficient (Wildman–Crippen LogP) is 8.95. The minimum atomic E-state index is -1.01. The van der Waals surface area contributed by atoms with E-state index >= 15 is 0 Å². The lowest BCUT2D eigenvalue weighted by Crippen LogP contribution is -2.11. The van der Waals surface area contributed by atoms with Gasteiger partial charge in [0.25, 0.3) is 0 Å². The van der Waals surface area contributed by atoms with Crippen LogP contribution in [0.2, 0.25) is 5.02 Å². The van der Waals surface area contributed by atoms with Crippen molar-refractivity contribution in [3.8, 4) is 33.8 Å². The molecular weight excluding hydrogens is 522 g/mol. The Balaban J connectivity index is 1.75. The molecule has 0 fully saturated rings. The molecule has 5 rings (SSSR count). The van der Waals surface area contributed by atoms with E-state index in [1.54, 1.807) is 0 Å². The van der Waals surface area contributed by atoms with Crippen molar-refractivity contribution in [2.24, 2.45) is 0 Å². The van der Waals surface area contributed by atoms with Crippen LogP contribution in [0.4, 0.5) is 0 Å². The van der Waals surface area contributed by atoms with E-state index in [9.17, 15) is 9.90 Å². The zero-order valence-corrected chi connectivity index (χ0v) is 23.8. The van der Waals surface area contributed by atoms with E-state index in [0.717, 1.165) is 38.9 Å². The molecule has 0 bridgehead atoms. The van der Waals surface area contributed by atoms with Crippen molar-refractivity contribution in [2.75, 3.05) is 0 Å². The summed E-state index contributed by atoms with van der Waals surface area (Å²) >= 11 is 6.30. The fraction of sp³-hybridized carbons (Fsp3) is 0.206. The van der Waals surface area contributed by atoms with Gasteiger partial charge in [0.05, 0.1) is 17.7 Å². The van der Waals surface area contributed by atoms with Crippen LogP contribution >= 0.6 is 11.6 Å². The molecule has 5 nitrogen and oxygen atoms in total. The van der Waals surface area contributed by atoms with Crippen LogP contribution in [0, 0.1) is 0 Å². The van der Waals surface area contributed by atoms with Gasteiger partial charge in [0.1, 0.15) is 17.2 Å². The highest BCUT2D eigenvalue weighted by molar-refractivity contribution is 6.30. The van der Waals surface area contributed by atoms with Gasteiger partial charge in [-0.1, -0.05) is 66.2 Å². The number of aromatic nitrogens is 1. The summed E-state index contributed by atoms with van der Waals surface area (Å²) in [6.07, 6.45) is 0.0240. The van der Waals surface area contributed by atoms with Gasteiger partial charge in [-0.15, -0.1) is 0 Å². The number of nitrogens with zero attached hydrogens (tertiary/aromatic N) is 1. The zero-order valence-electron chi connectivity index (χ0n) is 23.0. The number of carboxylic acids is 1. The Labute approximate surface area is 239 Å². The molecule has 40 heavy (non-hydrogen) atoms. The van der Waals surface area contributed by atoms with E-state index in [0.29, 0.717) is 22.9 Å². The molecular formula is C34H32ClNO4. The molecule has 0 saturated heterocycles. The number of benzene rings is 4. The number of halogens is 1. The molecule has 0 atom stereocenters. The van der Waals surface area contributed by atoms with Gasteiger partial charge in [0.2, 0.25) is 0 Å². The number of carboxylic acid groups (broad SMARTS) is 1. The van der Waals surface area contributed by atoms with Gasteiger partial charge in [0.15, 0.2) is 0 Å². The van der Waals surface area contributed by atoms with Gasteiger partial charge in [-0.3, -0.25) is 0 Å². The lowest BCUT2D eigenvalue weighted by Gasteiger charge is -2.15. The molecule has 1 heterocycles. The molecule has 1 aromatic heterocycles. The summed E-state index contributed by atoms with van der Waals surface area (Å²) in [5.41, 5.74) is 5.28. The Morgan fingerprint density at radius 2 is 1.52 bits per heavy atom. The van der Waals surface area contributed by atoms with Crippen molar-refractivity contribution in [1.29, 1.82) is 0 Å². The average molecular weight is 554 g/mol. The van der Waals surface area contributed by atoms with Crippen LogP contribution in [-0.2, 0) is 6.54 Å². The van der Waals surface area contributed by atoms with Gasteiger partial charge < -0.3 is 19.1 Å². The van der Waals surface area contributed by atoms with Crippen molar-refractivity contribution in [3.05, 3.63) is 107 Å². The van der Waals surface area contributed by atoms with E-state index in [1.807, 2.05) is 117 Å². The van der Waals surface area contributed by atoms with E-state index in [4.69, 9.17) is 21.1 Å². The number of carbonyl (C=O) groups is 1. The topological polar surface area (TPSA) is 60.7 Å². The molecule has 1 N–H and O–H groups in total. The lowest BCUT2D eigenvalue weighted by molar-refractivity contribution is 0.0687. The number of hydrogen-bond donors (Lipinski definition) is 1. The standard InChI is InChI=1S/C34H32ClNO4/c1-21(2)39-27-15-12-24(13-16-27)25-14-17-28-30(19-25)36(20-23-8-7-9-26(35)18-23)33(34(37)38)32(28)29-10-5-6-11-31(29)40-22(3)4/h5-19,21-22H,20H2,1-4H3,(H,37,38). The Morgan fingerprint density at radius 1 is 0.825 bits per heavy atom. The van der Waals surface area contributed by atoms with Gasteiger partial charge in [-0.2, -0.15) is 0 Å². The minimum absolute atomic E-state index is 0.0662. The maximum absolute atomic E-state index is 13.0. The van der Waals surface area contributed by atoms with Crippen molar-refractivity contribution in [2.45, 2.75) is 46.4 Å². The Morgan fingerprint density at radius 3 is 2.20 bits per heavy atom. The van der Waals surface area contributed by atoms with Gasteiger partial charge >= 0.3 is 5.97 Å². The summed E-state index contributed by atoms with van der Waals surface area (Å²) in [6, 6.07) is 29.2. The highest BCUT2D eigenvalue weighted by Gasteiger charge is 2.26. The van der Waals surface area contributed by atoms with E-state index < -0.39 is 5.97 Å². The van der Waals surface area contributed by atoms with Crippen LogP contribution in [0.25, 0.3) is 33.2 Å². The van der Waals surface area contributed by atoms with E-state index in [1.165, 1.54) is 0 Å². The van der Waals surface area contributed by atoms with Crippen LogP contribution in [0.15, 0.2) is 91.0 Å². The fourth-order valence-corrected chi connectivity index (χ4v) is 5.25. The average Bonchev–Trinajstić information content (AvgIpc) is 3.22. The monoisotopic (exact) mass is 553 g/mol. The second-order valence-electron chi connectivity index (χ2n) is 10.3. The SMILES string of the molecule is CC(C)Oc1ccc(-c2ccc3c(-c4ccccc4OC(C)C)c(C(=O)O)n(Cc4cccc(Cl)c4)c3c2)cc1. The first-order chi connectivity index (χ1) is 19.2.